The number of nitrogens with zero attached hydrogens (tertiary/aromatic N) is 2. The fourth-order valence-corrected chi connectivity index (χ4v) is 3.04. The maximum Gasteiger partial charge on any atom is 0.162 e. The summed E-state index contributed by atoms with van der Waals surface area (Å²) in [4.78, 5) is 8.53. The first-order chi connectivity index (χ1) is 14.1. The summed E-state index contributed by atoms with van der Waals surface area (Å²) in [5.41, 5.74) is 2.23. The number of halogens is 1. The summed E-state index contributed by atoms with van der Waals surface area (Å²) in [7, 11) is 0. The van der Waals surface area contributed by atoms with Gasteiger partial charge in [-0.1, -0.05) is 44.1 Å². The van der Waals surface area contributed by atoms with Crippen molar-refractivity contribution < 1.29 is 9.13 Å². The highest BCUT2D eigenvalue weighted by Crippen LogP contribution is 2.21. The van der Waals surface area contributed by atoms with Crippen LogP contribution in [0, 0.1) is 5.82 Å². The Kier molecular flexibility index (Phi) is 10.3. The smallest absolute Gasteiger partial charge is 0.162 e. The molecular formula is C25H33FN2O. The van der Waals surface area contributed by atoms with Gasteiger partial charge in [0.15, 0.2) is 5.82 Å². The molecule has 0 aliphatic heterocycles. The molecule has 1 unspecified atom stereocenters. The minimum Gasteiger partial charge on any atom is -0.379 e. The third-order valence-electron chi connectivity index (χ3n) is 4.76. The molecule has 1 atom stereocenters. The molecule has 4 heteroatoms. The summed E-state index contributed by atoms with van der Waals surface area (Å²) in [5, 5.41) is 0. The number of aromatic nitrogens is 2. The van der Waals surface area contributed by atoms with E-state index in [0.29, 0.717) is 23.9 Å². The van der Waals surface area contributed by atoms with E-state index in [0.717, 1.165) is 43.4 Å². The first-order valence-corrected chi connectivity index (χ1v) is 10.6. The van der Waals surface area contributed by atoms with Crippen molar-refractivity contribution in [2.45, 2.75) is 64.9 Å². The molecule has 0 aliphatic rings. The molecule has 0 fully saturated rings. The number of hydrogen-bond donors (Lipinski definition) is 0. The number of allylic oxidation sites excluding steroid dienone is 2. The van der Waals surface area contributed by atoms with E-state index < -0.39 is 0 Å². The fourth-order valence-electron chi connectivity index (χ4n) is 3.04. The second-order valence-corrected chi connectivity index (χ2v) is 7.37. The van der Waals surface area contributed by atoms with Crippen LogP contribution in [0.5, 0.6) is 0 Å². The fraction of sp³-hybridized carbons (Fsp3) is 0.440. The summed E-state index contributed by atoms with van der Waals surface area (Å²) in [6, 6.07) is 5.17. The Hall–Kier alpha value is -2.33. The van der Waals surface area contributed by atoms with Crippen molar-refractivity contribution in [1.29, 1.82) is 0 Å². The number of rotatable bonds is 13. The Morgan fingerprint density at radius 3 is 2.66 bits per heavy atom. The minimum absolute atomic E-state index is 0.301. The third-order valence-corrected chi connectivity index (χ3v) is 4.76. The van der Waals surface area contributed by atoms with Crippen LogP contribution in [-0.4, -0.2) is 22.7 Å². The normalized spacial score (nSPS) is 12.4. The zero-order valence-electron chi connectivity index (χ0n) is 17.7. The summed E-state index contributed by atoms with van der Waals surface area (Å²) >= 11 is 0. The van der Waals surface area contributed by atoms with Gasteiger partial charge >= 0.3 is 0 Å². The Labute approximate surface area is 174 Å². The highest BCUT2D eigenvalue weighted by atomic mass is 19.1. The van der Waals surface area contributed by atoms with E-state index in [-0.39, 0.29) is 5.82 Å². The second kappa shape index (κ2) is 13.0. The second-order valence-electron chi connectivity index (χ2n) is 7.37. The van der Waals surface area contributed by atoms with Gasteiger partial charge < -0.3 is 4.74 Å². The molecule has 1 heterocycles. The molecule has 0 radical (unpaired) electrons. The van der Waals surface area contributed by atoms with Gasteiger partial charge in [-0.05, 0) is 62.3 Å². The number of ether oxygens (including phenoxy) is 1. The molecule has 0 spiro atoms. The van der Waals surface area contributed by atoms with Crippen LogP contribution in [0.25, 0.3) is 17.5 Å². The van der Waals surface area contributed by atoms with E-state index in [1.807, 2.05) is 12.1 Å². The molecule has 0 amide bonds. The van der Waals surface area contributed by atoms with Gasteiger partial charge in [-0.15, -0.1) is 6.58 Å². The van der Waals surface area contributed by atoms with Crippen LogP contribution in [-0.2, 0) is 11.2 Å². The van der Waals surface area contributed by atoms with E-state index in [1.165, 1.54) is 18.9 Å². The maximum atomic E-state index is 14.5. The van der Waals surface area contributed by atoms with Crippen LogP contribution >= 0.6 is 0 Å². The maximum absolute atomic E-state index is 14.5. The Morgan fingerprint density at radius 2 is 1.97 bits per heavy atom. The topological polar surface area (TPSA) is 35.0 Å². The molecule has 0 bridgehead atoms. The Balaban J connectivity index is 1.80. The first-order valence-electron chi connectivity index (χ1n) is 10.6. The summed E-state index contributed by atoms with van der Waals surface area (Å²) in [5.74, 6) is 0.0940. The Morgan fingerprint density at radius 1 is 1.17 bits per heavy atom. The molecular weight excluding hydrogens is 363 g/mol. The molecule has 1 aromatic heterocycles. The molecule has 2 rings (SSSR count). The molecule has 156 valence electrons. The highest BCUT2D eigenvalue weighted by Gasteiger charge is 2.08. The summed E-state index contributed by atoms with van der Waals surface area (Å²) in [6.45, 7) is 8.89. The van der Waals surface area contributed by atoms with Crippen LogP contribution in [0.2, 0.25) is 0 Å². The van der Waals surface area contributed by atoms with E-state index in [4.69, 9.17) is 4.74 Å². The molecule has 0 N–H and O–H groups in total. The van der Waals surface area contributed by atoms with Crippen LogP contribution < -0.4 is 0 Å². The standard InChI is InChI=1S/C25H33FN2O/c1-4-6-10-16-29-20(3)12-8-7-9-13-21-14-15-23(24(26)17-21)25-27-18-22(11-5-2)19-28-25/h5,9,13-15,17-20H,2,4,6-8,10-12,16H2,1,3H3. The van der Waals surface area contributed by atoms with Gasteiger partial charge in [-0.2, -0.15) is 0 Å². The van der Waals surface area contributed by atoms with Crippen molar-refractivity contribution in [2.75, 3.05) is 6.61 Å². The van der Waals surface area contributed by atoms with Gasteiger partial charge in [0.25, 0.3) is 0 Å². The van der Waals surface area contributed by atoms with Gasteiger partial charge in [-0.3, -0.25) is 0 Å². The lowest BCUT2D eigenvalue weighted by molar-refractivity contribution is 0.0566. The predicted molar refractivity (Wildman–Crippen MR) is 119 cm³/mol. The van der Waals surface area contributed by atoms with Crippen LogP contribution in [0.4, 0.5) is 4.39 Å². The van der Waals surface area contributed by atoms with Crippen molar-refractivity contribution in [1.82, 2.24) is 9.97 Å². The molecule has 1 aromatic carbocycles. The van der Waals surface area contributed by atoms with Crippen LogP contribution in [0.15, 0.2) is 49.3 Å². The molecule has 3 nitrogen and oxygen atoms in total. The van der Waals surface area contributed by atoms with Gasteiger partial charge in [0.05, 0.1) is 11.7 Å². The number of unbranched alkanes of at least 4 members (excludes halogenated alkanes) is 3. The predicted octanol–water partition coefficient (Wildman–Crippen LogP) is 6.79. The average molecular weight is 397 g/mol. The average Bonchev–Trinajstić information content (AvgIpc) is 2.72. The lowest BCUT2D eigenvalue weighted by Gasteiger charge is -2.12. The number of benzene rings is 1. The lowest BCUT2D eigenvalue weighted by atomic mass is 10.1. The zero-order chi connectivity index (χ0) is 20.9. The van der Waals surface area contributed by atoms with E-state index >= 15 is 0 Å². The van der Waals surface area contributed by atoms with Crippen molar-refractivity contribution in [3.63, 3.8) is 0 Å². The molecule has 29 heavy (non-hydrogen) atoms. The lowest BCUT2D eigenvalue weighted by Crippen LogP contribution is -2.08. The molecule has 0 saturated carbocycles. The van der Waals surface area contributed by atoms with Gasteiger partial charge in [0, 0.05) is 19.0 Å². The summed E-state index contributed by atoms with van der Waals surface area (Å²) < 4.78 is 20.3. The van der Waals surface area contributed by atoms with Crippen molar-refractivity contribution in [3.8, 4) is 11.4 Å². The zero-order valence-corrected chi connectivity index (χ0v) is 17.7. The van der Waals surface area contributed by atoms with Gasteiger partial charge in [0.2, 0.25) is 0 Å². The van der Waals surface area contributed by atoms with E-state index in [1.54, 1.807) is 24.5 Å². The van der Waals surface area contributed by atoms with Crippen molar-refractivity contribution >= 4 is 6.08 Å². The van der Waals surface area contributed by atoms with E-state index in [2.05, 4.69) is 36.5 Å². The van der Waals surface area contributed by atoms with Gasteiger partial charge in [0.1, 0.15) is 5.82 Å². The van der Waals surface area contributed by atoms with Crippen molar-refractivity contribution in [2.24, 2.45) is 0 Å². The Bertz CT molecular complexity index is 771. The monoisotopic (exact) mass is 396 g/mol. The first kappa shape index (κ1) is 23.0. The van der Waals surface area contributed by atoms with E-state index in [9.17, 15) is 4.39 Å². The number of hydrogen-bond acceptors (Lipinski definition) is 3. The SMILES string of the molecule is C=CCc1cnc(-c2ccc(C=CCCCC(C)OCCCCC)cc2F)nc1. The molecule has 0 aliphatic carbocycles. The van der Waals surface area contributed by atoms with Crippen LogP contribution in [0.3, 0.4) is 0 Å². The molecule has 2 aromatic rings. The summed E-state index contributed by atoms with van der Waals surface area (Å²) in [6.07, 6.45) is 17.0. The highest BCUT2D eigenvalue weighted by molar-refractivity contribution is 5.60. The largest absolute Gasteiger partial charge is 0.379 e. The van der Waals surface area contributed by atoms with Gasteiger partial charge in [-0.25, -0.2) is 14.4 Å². The quantitative estimate of drug-likeness (QED) is 0.276. The van der Waals surface area contributed by atoms with Crippen LogP contribution in [0.1, 0.15) is 63.5 Å². The van der Waals surface area contributed by atoms with Crippen molar-refractivity contribution in [3.05, 3.63) is 66.3 Å². The minimum atomic E-state index is -0.308. The third kappa shape index (κ3) is 8.28. The molecule has 0 saturated heterocycles.